The topological polar surface area (TPSA) is 111 Å². The Kier molecular flexibility index (Phi) is 15.0. The fourth-order valence-corrected chi connectivity index (χ4v) is 6.10. The van der Waals surface area contributed by atoms with Crippen molar-refractivity contribution in [1.82, 2.24) is 5.32 Å². The van der Waals surface area contributed by atoms with Crippen molar-refractivity contribution >= 4 is 12.1 Å². The molecule has 0 radical (unpaired) electrons. The second kappa shape index (κ2) is 20.9. The lowest BCUT2D eigenvalue weighted by atomic mass is 9.98. The Bertz CT molecular complexity index is 1850. The molecule has 10 heteroatoms. The van der Waals surface area contributed by atoms with Gasteiger partial charge in [0.05, 0.1) is 32.5 Å². The lowest BCUT2D eigenvalue weighted by Gasteiger charge is -2.45. The van der Waals surface area contributed by atoms with Gasteiger partial charge < -0.3 is 38.5 Å². The van der Waals surface area contributed by atoms with Crippen LogP contribution in [0.25, 0.3) is 0 Å². The molecule has 1 amide bonds. The fourth-order valence-electron chi connectivity index (χ4n) is 6.10. The highest BCUT2D eigenvalue weighted by atomic mass is 16.7. The Morgan fingerprint density at radius 2 is 0.891 bits per heavy atom. The first kappa shape index (κ1) is 39.3. The number of benzene rings is 5. The molecular weight excluding hydrogens is 698 g/mol. The van der Waals surface area contributed by atoms with Crippen LogP contribution in [0.1, 0.15) is 34.7 Å². The average molecular weight is 746 g/mol. The quantitative estimate of drug-likeness (QED) is 0.0910. The number of hydrogen-bond acceptors (Lipinski definition) is 9. The van der Waals surface area contributed by atoms with Crippen molar-refractivity contribution in [2.45, 2.75) is 76.7 Å². The van der Waals surface area contributed by atoms with Crippen molar-refractivity contribution < 1.29 is 42.7 Å². The third kappa shape index (κ3) is 12.3. The number of ether oxygens (including phenoxy) is 7. The molecule has 0 unspecified atom stereocenters. The van der Waals surface area contributed by atoms with Gasteiger partial charge in [-0.15, -0.1) is 0 Å². The first-order chi connectivity index (χ1) is 27.0. The summed E-state index contributed by atoms with van der Waals surface area (Å²) in [6.45, 7) is 2.44. The number of alkyl carbamates (subject to hydrolysis) is 1. The molecule has 0 saturated carbocycles. The molecular formula is C45H47NO9. The SMILES string of the molecule is C[C@@H]1O[C@@H](OC[C@H](NC(=O)OCc2ccccc2)C(=O)OCc2ccccc2)[C@@H](OCc2ccccc2)[C@H](OCc2ccccc2)[C@@H]1OCc1ccccc1. The zero-order valence-electron chi connectivity index (χ0n) is 30.8. The van der Waals surface area contributed by atoms with Gasteiger partial charge in [0.25, 0.3) is 0 Å². The van der Waals surface area contributed by atoms with E-state index in [4.69, 9.17) is 33.2 Å². The Labute approximate surface area is 322 Å². The van der Waals surface area contributed by atoms with Crippen molar-refractivity contribution in [3.05, 3.63) is 179 Å². The molecule has 0 aliphatic carbocycles. The summed E-state index contributed by atoms with van der Waals surface area (Å²) in [6, 6.07) is 46.8. The van der Waals surface area contributed by atoms with Gasteiger partial charge in [-0.2, -0.15) is 0 Å². The summed E-state index contributed by atoms with van der Waals surface area (Å²) < 4.78 is 43.8. The smallest absolute Gasteiger partial charge is 0.408 e. The zero-order valence-corrected chi connectivity index (χ0v) is 30.8. The lowest BCUT2D eigenvalue weighted by molar-refractivity contribution is -0.320. The van der Waals surface area contributed by atoms with Crippen LogP contribution in [-0.4, -0.2) is 55.4 Å². The molecule has 0 spiro atoms. The number of carbonyl (C=O) groups is 2. The minimum absolute atomic E-state index is 0.00647. The van der Waals surface area contributed by atoms with Crippen LogP contribution < -0.4 is 5.32 Å². The van der Waals surface area contributed by atoms with Crippen molar-refractivity contribution in [2.24, 2.45) is 0 Å². The number of esters is 1. The summed E-state index contributed by atoms with van der Waals surface area (Å²) in [5.74, 6) is -0.702. The van der Waals surface area contributed by atoms with Crippen molar-refractivity contribution in [2.75, 3.05) is 6.61 Å². The zero-order chi connectivity index (χ0) is 38.1. The summed E-state index contributed by atoms with van der Waals surface area (Å²) in [5.41, 5.74) is 4.50. The number of hydrogen-bond donors (Lipinski definition) is 1. The second-order valence-corrected chi connectivity index (χ2v) is 13.2. The third-order valence-corrected chi connectivity index (χ3v) is 9.02. The minimum Gasteiger partial charge on any atom is -0.459 e. The summed E-state index contributed by atoms with van der Waals surface area (Å²) in [6.07, 6.45) is -4.37. The summed E-state index contributed by atoms with van der Waals surface area (Å²) >= 11 is 0. The Morgan fingerprint density at radius 1 is 0.509 bits per heavy atom. The molecule has 1 saturated heterocycles. The van der Waals surface area contributed by atoms with E-state index in [1.165, 1.54) is 0 Å². The van der Waals surface area contributed by atoms with E-state index < -0.39 is 48.8 Å². The summed E-state index contributed by atoms with van der Waals surface area (Å²) in [4.78, 5) is 26.6. The maximum Gasteiger partial charge on any atom is 0.408 e. The molecule has 1 heterocycles. The van der Waals surface area contributed by atoms with Gasteiger partial charge in [0.15, 0.2) is 12.3 Å². The second-order valence-electron chi connectivity index (χ2n) is 13.2. The average Bonchev–Trinajstić information content (AvgIpc) is 3.23. The van der Waals surface area contributed by atoms with Crippen molar-refractivity contribution in [3.63, 3.8) is 0 Å². The van der Waals surface area contributed by atoms with Crippen LogP contribution in [0.4, 0.5) is 4.79 Å². The molecule has 1 fully saturated rings. The van der Waals surface area contributed by atoms with Crippen molar-refractivity contribution in [1.29, 1.82) is 0 Å². The van der Waals surface area contributed by atoms with E-state index in [9.17, 15) is 9.59 Å². The van der Waals surface area contributed by atoms with Gasteiger partial charge in [-0.25, -0.2) is 9.59 Å². The molecule has 1 N–H and O–H groups in total. The van der Waals surface area contributed by atoms with E-state index in [2.05, 4.69) is 5.32 Å². The molecule has 5 aromatic rings. The molecule has 6 atom stereocenters. The van der Waals surface area contributed by atoms with E-state index in [1.54, 1.807) is 0 Å². The van der Waals surface area contributed by atoms with Crippen LogP contribution in [0.5, 0.6) is 0 Å². The summed E-state index contributed by atoms with van der Waals surface area (Å²) in [7, 11) is 0. The van der Waals surface area contributed by atoms with E-state index in [1.807, 2.05) is 159 Å². The van der Waals surface area contributed by atoms with Gasteiger partial charge in [-0.1, -0.05) is 152 Å². The highest BCUT2D eigenvalue weighted by Crippen LogP contribution is 2.31. The number of nitrogens with one attached hydrogen (secondary N) is 1. The number of amides is 1. The van der Waals surface area contributed by atoms with Crippen LogP contribution in [0.15, 0.2) is 152 Å². The fraction of sp³-hybridized carbons (Fsp3) is 0.289. The molecule has 10 nitrogen and oxygen atoms in total. The number of rotatable bonds is 18. The lowest BCUT2D eigenvalue weighted by Crippen LogP contribution is -2.60. The molecule has 5 aromatic carbocycles. The normalized spacial score (nSPS) is 19.9. The van der Waals surface area contributed by atoms with Gasteiger partial charge in [0.1, 0.15) is 31.5 Å². The van der Waals surface area contributed by atoms with Crippen LogP contribution in [0.3, 0.4) is 0 Å². The predicted octanol–water partition coefficient (Wildman–Crippen LogP) is 7.54. The summed E-state index contributed by atoms with van der Waals surface area (Å²) in [5, 5.41) is 2.64. The molecule has 0 bridgehead atoms. The first-order valence-electron chi connectivity index (χ1n) is 18.4. The van der Waals surface area contributed by atoms with E-state index in [-0.39, 0.29) is 33.0 Å². The number of carbonyl (C=O) groups excluding carboxylic acids is 2. The highest BCUT2D eigenvalue weighted by Gasteiger charge is 2.48. The monoisotopic (exact) mass is 745 g/mol. The van der Waals surface area contributed by atoms with Gasteiger partial charge in [0, 0.05) is 0 Å². The first-order valence-corrected chi connectivity index (χ1v) is 18.4. The minimum atomic E-state index is -1.24. The molecule has 0 aromatic heterocycles. The predicted molar refractivity (Wildman–Crippen MR) is 205 cm³/mol. The van der Waals surface area contributed by atoms with Gasteiger partial charge >= 0.3 is 12.1 Å². The van der Waals surface area contributed by atoms with Crippen LogP contribution in [0.2, 0.25) is 0 Å². The Hall–Kier alpha value is -5.36. The van der Waals surface area contributed by atoms with Gasteiger partial charge in [-0.3, -0.25) is 0 Å². The molecule has 6 rings (SSSR count). The maximum absolute atomic E-state index is 13.6. The molecule has 286 valence electrons. The van der Waals surface area contributed by atoms with Crippen molar-refractivity contribution in [3.8, 4) is 0 Å². The van der Waals surface area contributed by atoms with Gasteiger partial charge in [-0.05, 0) is 34.7 Å². The van der Waals surface area contributed by atoms with E-state index in [0.717, 1.165) is 27.8 Å². The van der Waals surface area contributed by atoms with E-state index in [0.29, 0.717) is 6.61 Å². The Balaban J connectivity index is 1.22. The standard InChI is InChI=1S/C45H47NO9/c1-33-40(49-27-34-17-7-2-8-18-34)41(50-28-35-19-9-3-10-20-35)42(51-29-36-21-11-4-12-22-36)44(55-33)53-32-39(43(47)52-30-37-23-13-5-14-24-37)46-45(48)54-31-38-25-15-6-16-26-38/h2-26,33,39-42,44H,27-32H2,1H3,(H,46,48)/t33-,39-,40+,41+,42-,44+/m0/s1. The third-order valence-electron chi connectivity index (χ3n) is 9.02. The maximum atomic E-state index is 13.6. The largest absolute Gasteiger partial charge is 0.459 e. The molecule has 55 heavy (non-hydrogen) atoms. The van der Waals surface area contributed by atoms with Crippen LogP contribution in [0, 0.1) is 0 Å². The molecule has 1 aliphatic heterocycles. The van der Waals surface area contributed by atoms with Gasteiger partial charge in [0.2, 0.25) is 0 Å². The molecule has 1 aliphatic rings. The Morgan fingerprint density at radius 3 is 1.35 bits per heavy atom. The van der Waals surface area contributed by atoms with E-state index >= 15 is 0 Å². The van der Waals surface area contributed by atoms with Crippen LogP contribution >= 0.6 is 0 Å². The highest BCUT2D eigenvalue weighted by molar-refractivity contribution is 5.81. The van der Waals surface area contributed by atoms with Crippen LogP contribution in [-0.2, 0) is 71.0 Å².